The molecule has 41 heavy (non-hydrogen) atoms. The van der Waals surface area contributed by atoms with Gasteiger partial charge in [-0.05, 0) is 82.2 Å². The van der Waals surface area contributed by atoms with Gasteiger partial charge in [0.1, 0.15) is 5.82 Å². The first-order valence-corrected chi connectivity index (χ1v) is 14.2. The summed E-state index contributed by atoms with van der Waals surface area (Å²) in [6.07, 6.45) is 2.58. The summed E-state index contributed by atoms with van der Waals surface area (Å²) < 4.78 is 1.46. The van der Waals surface area contributed by atoms with Gasteiger partial charge < -0.3 is 21.3 Å². The molecule has 4 atom stereocenters. The summed E-state index contributed by atoms with van der Waals surface area (Å²) in [4.78, 5) is 48.2. The van der Waals surface area contributed by atoms with Crippen LogP contribution in [0, 0.1) is 17.8 Å². The number of anilines is 1. The van der Waals surface area contributed by atoms with Gasteiger partial charge in [-0.3, -0.25) is 19.6 Å². The lowest BCUT2D eigenvalue weighted by Gasteiger charge is -2.41. The van der Waals surface area contributed by atoms with E-state index < -0.39 is 11.2 Å². The quantitative estimate of drug-likeness (QED) is 0.446. The molecule has 11 nitrogen and oxygen atoms in total. The second kappa shape index (κ2) is 12.1. The Kier molecular flexibility index (Phi) is 9.13. The number of nitrogens with zero attached hydrogens (tertiary/aromatic N) is 5. The van der Waals surface area contributed by atoms with Crippen molar-refractivity contribution in [3.8, 4) is 5.69 Å². The van der Waals surface area contributed by atoms with Crippen LogP contribution in [0.5, 0.6) is 0 Å². The van der Waals surface area contributed by atoms with Crippen molar-refractivity contribution in [2.75, 3.05) is 44.6 Å². The molecule has 5 rings (SSSR count). The molecule has 3 aliphatic rings. The number of rotatable bonds is 7. The third-order valence-corrected chi connectivity index (χ3v) is 8.81. The fourth-order valence-corrected chi connectivity index (χ4v) is 6.36. The van der Waals surface area contributed by atoms with Crippen LogP contribution in [-0.4, -0.2) is 93.1 Å². The van der Waals surface area contributed by atoms with Crippen LogP contribution in [0.4, 0.5) is 10.6 Å². The Morgan fingerprint density at radius 3 is 2.32 bits per heavy atom. The van der Waals surface area contributed by atoms with Crippen LogP contribution in [0.15, 0.2) is 41.3 Å². The molecule has 0 spiro atoms. The van der Waals surface area contributed by atoms with Crippen molar-refractivity contribution in [2.45, 2.75) is 51.7 Å². The molecule has 0 radical (unpaired) electrons. The average Bonchev–Trinajstić information content (AvgIpc) is 3.37. The number of halogens is 1. The average molecular weight is 587 g/mol. The lowest BCUT2D eigenvalue weighted by molar-refractivity contribution is -0.138. The summed E-state index contributed by atoms with van der Waals surface area (Å²) in [5, 5.41) is 2.73. The molecule has 1 aromatic carbocycles. The van der Waals surface area contributed by atoms with Gasteiger partial charge >= 0.3 is 11.7 Å². The van der Waals surface area contributed by atoms with Crippen molar-refractivity contribution < 1.29 is 9.59 Å². The number of nitrogens with two attached hydrogens (primary N) is 2. The lowest BCUT2D eigenvalue weighted by Crippen LogP contribution is -2.61. The largest absolute Gasteiger partial charge is 0.354 e. The maximum atomic E-state index is 12.9. The van der Waals surface area contributed by atoms with E-state index in [0.717, 1.165) is 49.5 Å². The normalized spacial score (nSPS) is 24.8. The number of hydrogen-bond donors (Lipinski definition) is 3. The summed E-state index contributed by atoms with van der Waals surface area (Å²) in [6, 6.07) is 9.49. The molecule has 2 aliphatic heterocycles. The number of carbonyl (C=O) groups excluding carboxylic acids is 2. The SMILES string of the molecule is CC(Cc1ccc(-n2ccc(NC(=O)N3CCN(C(=O)C(C)(C)N)C[C@H]3C)nc2=O)cc1)N1CC2C(CN)C2C1.Cl. The van der Waals surface area contributed by atoms with Crippen molar-refractivity contribution in [3.05, 3.63) is 52.6 Å². The monoisotopic (exact) mass is 586 g/mol. The third-order valence-electron chi connectivity index (χ3n) is 8.81. The highest BCUT2D eigenvalue weighted by Crippen LogP contribution is 2.51. The topological polar surface area (TPSA) is 143 Å². The lowest BCUT2D eigenvalue weighted by atomic mass is 10.0. The minimum Gasteiger partial charge on any atom is -0.337 e. The first-order chi connectivity index (χ1) is 19.0. The molecule has 1 aliphatic carbocycles. The smallest absolute Gasteiger partial charge is 0.337 e. The highest BCUT2D eigenvalue weighted by Gasteiger charge is 2.55. The van der Waals surface area contributed by atoms with Gasteiger partial charge in [0.05, 0.1) is 11.2 Å². The number of aromatic nitrogens is 2. The van der Waals surface area contributed by atoms with Gasteiger partial charge in [-0.25, -0.2) is 9.59 Å². The Morgan fingerprint density at radius 2 is 1.76 bits per heavy atom. The number of hydrogen-bond acceptors (Lipinski definition) is 7. The zero-order valence-corrected chi connectivity index (χ0v) is 25.1. The van der Waals surface area contributed by atoms with Gasteiger partial charge in [0.25, 0.3) is 0 Å². The van der Waals surface area contributed by atoms with Crippen molar-refractivity contribution in [2.24, 2.45) is 29.2 Å². The molecule has 1 saturated carbocycles. The van der Waals surface area contributed by atoms with E-state index >= 15 is 0 Å². The van der Waals surface area contributed by atoms with Gasteiger partial charge in [-0.2, -0.15) is 4.98 Å². The summed E-state index contributed by atoms with van der Waals surface area (Å²) in [5.41, 5.74) is 12.3. The van der Waals surface area contributed by atoms with E-state index in [1.807, 2.05) is 19.1 Å². The van der Waals surface area contributed by atoms with E-state index in [1.165, 1.54) is 10.1 Å². The molecule has 12 heteroatoms. The van der Waals surface area contributed by atoms with Crippen LogP contribution < -0.4 is 22.5 Å². The molecule has 3 unspecified atom stereocenters. The number of nitrogens with one attached hydrogen (secondary N) is 1. The van der Waals surface area contributed by atoms with E-state index in [9.17, 15) is 14.4 Å². The van der Waals surface area contributed by atoms with Crippen LogP contribution in [0.1, 0.15) is 33.3 Å². The Balaban J connectivity index is 0.00000387. The molecular weight excluding hydrogens is 544 g/mol. The van der Waals surface area contributed by atoms with E-state index in [0.29, 0.717) is 25.7 Å². The van der Waals surface area contributed by atoms with Crippen LogP contribution in [0.2, 0.25) is 0 Å². The number of likely N-dealkylation sites (tertiary alicyclic amines) is 1. The molecular formula is C29H43ClN8O3. The molecule has 3 heterocycles. The summed E-state index contributed by atoms with van der Waals surface area (Å²) in [7, 11) is 0. The van der Waals surface area contributed by atoms with Crippen LogP contribution in [0.3, 0.4) is 0 Å². The fourth-order valence-electron chi connectivity index (χ4n) is 6.36. The second-order valence-corrected chi connectivity index (χ2v) is 12.3. The Hall–Kier alpha value is -2.99. The van der Waals surface area contributed by atoms with Crippen molar-refractivity contribution in [3.63, 3.8) is 0 Å². The predicted molar refractivity (Wildman–Crippen MR) is 161 cm³/mol. The maximum absolute atomic E-state index is 12.9. The first kappa shape index (κ1) is 31.0. The minimum atomic E-state index is -0.959. The van der Waals surface area contributed by atoms with Crippen molar-refractivity contribution in [1.29, 1.82) is 0 Å². The van der Waals surface area contributed by atoms with Crippen molar-refractivity contribution in [1.82, 2.24) is 24.3 Å². The fraction of sp³-hybridized carbons (Fsp3) is 0.586. The molecule has 5 N–H and O–H groups in total. The summed E-state index contributed by atoms with van der Waals surface area (Å²) in [5.74, 6) is 2.35. The van der Waals surface area contributed by atoms with Crippen LogP contribution in [-0.2, 0) is 11.2 Å². The first-order valence-electron chi connectivity index (χ1n) is 14.2. The number of benzene rings is 1. The molecule has 3 amide bonds. The second-order valence-electron chi connectivity index (χ2n) is 12.3. The van der Waals surface area contributed by atoms with Gasteiger partial charge in [-0.1, -0.05) is 12.1 Å². The molecule has 3 fully saturated rings. The number of piperazine rings is 1. The third kappa shape index (κ3) is 6.58. The zero-order chi connectivity index (χ0) is 28.8. The minimum absolute atomic E-state index is 0. The molecule has 224 valence electrons. The summed E-state index contributed by atoms with van der Waals surface area (Å²) in [6.45, 7) is 11.8. The molecule has 0 bridgehead atoms. The van der Waals surface area contributed by atoms with Gasteiger partial charge in [0, 0.05) is 51.0 Å². The highest BCUT2D eigenvalue weighted by atomic mass is 35.5. The van der Waals surface area contributed by atoms with Gasteiger partial charge in [0.2, 0.25) is 5.91 Å². The standard InChI is InChI=1S/C29H42N8O3.ClH/c1-18(35-16-23-22(14-30)24(23)17-35)13-20-5-7-21(8-6-20)37-10-9-25(33-28(37)40)32-27(39)36-12-11-34(15-19(36)2)26(38)29(3,4)31;/h5-10,18-19,22-24H,11-17,30-31H2,1-4H3,(H,32,33,39,40);1H/t18?,19-,22?,23?,24?;/m1./s1. The highest BCUT2D eigenvalue weighted by molar-refractivity contribution is 5.89. The van der Waals surface area contributed by atoms with Crippen molar-refractivity contribution >= 4 is 30.2 Å². The van der Waals surface area contributed by atoms with Gasteiger partial charge in [0.15, 0.2) is 0 Å². The number of amides is 3. The summed E-state index contributed by atoms with van der Waals surface area (Å²) >= 11 is 0. The Labute approximate surface area is 247 Å². The van der Waals surface area contributed by atoms with E-state index in [2.05, 4.69) is 34.3 Å². The maximum Gasteiger partial charge on any atom is 0.354 e. The Bertz CT molecular complexity index is 1300. The number of piperidine rings is 1. The number of fused-ring (bicyclic) bond motifs is 1. The number of carbonyl (C=O) groups is 2. The van der Waals surface area contributed by atoms with Crippen LogP contribution in [0.25, 0.3) is 5.69 Å². The molecule has 2 aromatic rings. The predicted octanol–water partition coefficient (Wildman–Crippen LogP) is 1.52. The van der Waals surface area contributed by atoms with E-state index in [-0.39, 0.29) is 36.2 Å². The van der Waals surface area contributed by atoms with Gasteiger partial charge in [-0.15, -0.1) is 12.4 Å². The van der Waals surface area contributed by atoms with E-state index in [4.69, 9.17) is 11.5 Å². The zero-order valence-electron chi connectivity index (χ0n) is 24.3. The number of urea groups is 1. The molecule has 1 aromatic heterocycles. The van der Waals surface area contributed by atoms with E-state index in [1.54, 1.807) is 35.9 Å². The van der Waals surface area contributed by atoms with Crippen LogP contribution >= 0.6 is 12.4 Å². The molecule has 2 saturated heterocycles. The Morgan fingerprint density at radius 1 is 1.10 bits per heavy atom.